The molecule has 4 heterocycles. The van der Waals surface area contributed by atoms with Crippen LogP contribution in [0, 0.1) is 10.7 Å². The summed E-state index contributed by atoms with van der Waals surface area (Å²) in [7, 11) is -8.71. The van der Waals surface area contributed by atoms with Gasteiger partial charge in [0.1, 0.15) is 0 Å². The van der Waals surface area contributed by atoms with Gasteiger partial charge in [0.25, 0.3) is 10.7 Å². The molecule has 1 N–H and O–H groups in total. The number of carbonyl (C=O) groups excluding carboxylic acids is 2. The van der Waals surface area contributed by atoms with Crippen molar-refractivity contribution in [3.8, 4) is 11.5 Å². The Balaban J connectivity index is 1.79. The molecule has 1 aromatic carbocycles. The first-order chi connectivity index (χ1) is 13.8. The molecule has 15 heteroatoms. The Labute approximate surface area is 211 Å². The fraction of sp³-hybridized carbons (Fsp3) is 0.200. The molecule has 1 amide bonds. The number of nitrogens with one attached hydrogen (secondary N) is 1. The summed E-state index contributed by atoms with van der Waals surface area (Å²) < 4.78 is 65.3. The molecule has 1 atom stereocenters. The smallest absolute Gasteiger partial charge is 0.344 e. The van der Waals surface area contributed by atoms with Crippen LogP contribution in [0.3, 0.4) is 0 Å². The molecule has 1 aromatic heterocycles. The second-order valence-electron chi connectivity index (χ2n) is 6.40. The van der Waals surface area contributed by atoms with E-state index >= 15 is 0 Å². The van der Waals surface area contributed by atoms with Gasteiger partial charge in [-0.1, -0.05) is 0 Å². The van der Waals surface area contributed by atoms with Crippen LogP contribution in [0.4, 0.5) is 0 Å². The quantitative estimate of drug-likeness (QED) is 0.213. The van der Waals surface area contributed by atoms with E-state index in [1.54, 1.807) is 10.8 Å². The number of hydrogen-bond donors (Lipinski definition) is 1. The Kier molecular flexibility index (Phi) is 5.38. The molecule has 0 spiro atoms. The molecular formula is C15H8I3NO9S2. The average Bonchev–Trinajstić information content (AvgIpc) is 3.11. The lowest BCUT2D eigenvalue weighted by atomic mass is 9.95. The highest BCUT2D eigenvalue weighted by Crippen LogP contribution is 2.60. The molecule has 0 radical (unpaired) electrons. The molecule has 5 rings (SSSR count). The number of furan rings is 1. The zero-order valence-corrected chi connectivity index (χ0v) is 22.6. The summed E-state index contributed by atoms with van der Waals surface area (Å²) in [5.74, 6) is -3.37. The third-order valence-electron chi connectivity index (χ3n) is 4.34. The summed E-state index contributed by atoms with van der Waals surface area (Å²) >= 11 is 6.07. The summed E-state index contributed by atoms with van der Waals surface area (Å²) in [6.07, 6.45) is 0.244. The maximum absolute atomic E-state index is 12.8. The molecule has 0 aliphatic carbocycles. The van der Waals surface area contributed by atoms with Crippen molar-refractivity contribution in [2.24, 2.45) is 0 Å². The number of hydrogen-bond acceptors (Lipinski definition) is 9. The summed E-state index contributed by atoms with van der Waals surface area (Å²) in [5, 5.41) is 0. The first-order valence-corrected chi connectivity index (χ1v) is 14.3. The molecule has 1 unspecified atom stereocenters. The Bertz CT molecular complexity index is 1360. The van der Waals surface area contributed by atoms with Crippen molar-refractivity contribution < 1.29 is 39.8 Å². The number of fused-ring (bicyclic) bond motifs is 1. The molecule has 0 fully saturated rings. The Morgan fingerprint density at radius 1 is 1.23 bits per heavy atom. The van der Waals surface area contributed by atoms with Crippen molar-refractivity contribution in [3.05, 3.63) is 39.9 Å². The lowest BCUT2D eigenvalue weighted by molar-refractivity contribution is -0.122. The number of esters is 1. The van der Waals surface area contributed by atoms with Gasteiger partial charge in [0.2, 0.25) is 21.5 Å². The summed E-state index contributed by atoms with van der Waals surface area (Å²) in [6.45, 7) is 0. The van der Waals surface area contributed by atoms with Gasteiger partial charge in [-0.05, 0) is 79.9 Å². The van der Waals surface area contributed by atoms with Crippen LogP contribution in [-0.4, -0.2) is 35.0 Å². The van der Waals surface area contributed by atoms with Crippen LogP contribution in [0.2, 0.25) is 0 Å². The number of carbonyl (C=O) groups is 2. The summed E-state index contributed by atoms with van der Waals surface area (Å²) in [5.41, 5.74) is 0.224. The number of sulfonamides is 1. The van der Waals surface area contributed by atoms with Crippen molar-refractivity contribution in [3.63, 3.8) is 0 Å². The predicted molar refractivity (Wildman–Crippen MR) is 126 cm³/mol. The fourth-order valence-electron chi connectivity index (χ4n) is 3.09. The monoisotopic (exact) mass is 791 g/mol. The van der Waals surface area contributed by atoms with E-state index in [9.17, 15) is 26.4 Å². The highest BCUT2D eigenvalue weighted by atomic mass is 127. The predicted octanol–water partition coefficient (Wildman–Crippen LogP) is 1.86. The topological polar surface area (TPSA) is 146 Å². The molecule has 2 aromatic rings. The van der Waals surface area contributed by atoms with Crippen molar-refractivity contribution in [2.45, 2.75) is 11.2 Å². The van der Waals surface area contributed by atoms with Crippen molar-refractivity contribution in [1.29, 1.82) is 0 Å². The van der Waals surface area contributed by atoms with E-state index in [2.05, 4.69) is 22.6 Å². The van der Waals surface area contributed by atoms with Gasteiger partial charge in [0.05, 0.1) is 11.8 Å². The molecule has 4 bridgehead atoms. The minimum atomic E-state index is -4.63. The van der Waals surface area contributed by atoms with E-state index in [4.69, 9.17) is 13.3 Å². The number of benzene rings is 1. The highest BCUT2D eigenvalue weighted by Gasteiger charge is 2.69. The second kappa shape index (κ2) is 7.17. The zero-order valence-electron chi connectivity index (χ0n) is 14.5. The molecule has 160 valence electrons. The van der Waals surface area contributed by atoms with E-state index in [0.29, 0.717) is 9.83 Å². The van der Waals surface area contributed by atoms with Gasteiger partial charge in [-0.15, -0.1) is 0 Å². The SMILES string of the molecule is CS(=O)(=O)NC(=O)C12Cc3oc1c(OC(=O)c1cc(I)cc(I)c1I)c3OS2(=O)=O. The minimum absolute atomic E-state index is 0.0294. The first-order valence-electron chi connectivity index (χ1n) is 7.76. The van der Waals surface area contributed by atoms with Gasteiger partial charge in [0.15, 0.2) is 11.5 Å². The zero-order chi connectivity index (χ0) is 22.2. The van der Waals surface area contributed by atoms with Gasteiger partial charge in [-0.3, -0.25) is 9.52 Å². The molecular weight excluding hydrogens is 783 g/mol. The highest BCUT2D eigenvalue weighted by molar-refractivity contribution is 14.1. The number of ether oxygens (including phenoxy) is 1. The normalized spacial score (nSPS) is 20.7. The number of rotatable bonds is 4. The Hall–Kier alpha value is -0.670. The summed E-state index contributed by atoms with van der Waals surface area (Å²) in [6, 6.07) is 3.45. The van der Waals surface area contributed by atoms with Crippen LogP contribution < -0.4 is 13.6 Å². The molecule has 0 saturated carbocycles. The largest absolute Gasteiger partial charge is 0.455 e. The van der Waals surface area contributed by atoms with Crippen LogP contribution in [0.1, 0.15) is 21.9 Å². The van der Waals surface area contributed by atoms with Crippen LogP contribution >= 0.6 is 67.8 Å². The maximum Gasteiger partial charge on any atom is 0.344 e. The Morgan fingerprint density at radius 3 is 2.53 bits per heavy atom. The van der Waals surface area contributed by atoms with Crippen LogP contribution in [0.15, 0.2) is 16.5 Å². The van der Waals surface area contributed by atoms with Gasteiger partial charge < -0.3 is 13.3 Å². The number of halogens is 3. The van der Waals surface area contributed by atoms with E-state index in [0.717, 1.165) is 7.14 Å². The Morgan fingerprint density at radius 2 is 1.90 bits per heavy atom. The second-order valence-corrected chi connectivity index (χ2v) is 13.4. The van der Waals surface area contributed by atoms with Gasteiger partial charge >= 0.3 is 16.1 Å². The summed E-state index contributed by atoms with van der Waals surface area (Å²) in [4.78, 5) is 25.5. The third kappa shape index (κ3) is 3.34. The molecule has 30 heavy (non-hydrogen) atoms. The molecule has 3 aliphatic rings. The van der Waals surface area contributed by atoms with Crippen LogP contribution in [0.25, 0.3) is 0 Å². The third-order valence-corrected chi connectivity index (χ3v) is 10.3. The standard InChI is InChI=1S/C15H8I3NO9S2/c1-29(22,23)19-14(21)15-4-8-10(28-30(15,24)25)11(12(15)26-8)27-13(20)6-2-5(16)3-7(17)9(6)18/h2-3H,4H2,1H3,(H,19,21). The maximum atomic E-state index is 12.8. The van der Waals surface area contributed by atoms with Crippen molar-refractivity contribution in [1.82, 2.24) is 4.72 Å². The van der Waals surface area contributed by atoms with Crippen LogP contribution in [0.5, 0.6) is 11.5 Å². The lowest BCUT2D eigenvalue weighted by Gasteiger charge is -2.32. The minimum Gasteiger partial charge on any atom is -0.455 e. The molecule has 3 aliphatic heterocycles. The van der Waals surface area contributed by atoms with Crippen molar-refractivity contribution >= 4 is 99.8 Å². The van der Waals surface area contributed by atoms with Crippen LogP contribution in [-0.2, 0) is 36.1 Å². The van der Waals surface area contributed by atoms with E-state index < -0.39 is 48.9 Å². The lowest BCUT2D eigenvalue weighted by Crippen LogP contribution is -2.55. The average molecular weight is 791 g/mol. The molecule has 10 nitrogen and oxygen atoms in total. The fourth-order valence-corrected chi connectivity index (χ4v) is 7.52. The molecule has 0 saturated heterocycles. The van der Waals surface area contributed by atoms with Gasteiger partial charge in [-0.2, -0.15) is 8.42 Å². The van der Waals surface area contributed by atoms with E-state index in [1.807, 2.05) is 51.2 Å². The van der Waals surface area contributed by atoms with E-state index in [-0.39, 0.29) is 22.8 Å². The van der Waals surface area contributed by atoms with Gasteiger partial charge in [0, 0.05) is 17.1 Å². The first kappa shape index (κ1) is 22.5. The van der Waals surface area contributed by atoms with Crippen molar-refractivity contribution in [2.75, 3.05) is 6.26 Å². The number of amides is 1. The van der Waals surface area contributed by atoms with E-state index in [1.165, 1.54) is 0 Å². The van der Waals surface area contributed by atoms with Gasteiger partial charge in [-0.25, -0.2) is 13.2 Å².